The predicted molar refractivity (Wildman–Crippen MR) is 83.2 cm³/mol. The Bertz CT molecular complexity index is 893. The Morgan fingerprint density at radius 3 is 2.28 bits per heavy atom. The number of carboxylic acids is 1. The average Bonchev–Trinajstić information content (AvgIpc) is 3.02. The van der Waals surface area contributed by atoms with Crippen LogP contribution in [-0.4, -0.2) is 28.8 Å². The Morgan fingerprint density at radius 2 is 1.68 bits per heavy atom. The molecule has 1 amide bonds. The third-order valence-electron chi connectivity index (χ3n) is 3.42. The van der Waals surface area contributed by atoms with Gasteiger partial charge in [0.1, 0.15) is 6.54 Å². The number of aromatic nitrogens is 2. The summed E-state index contributed by atoms with van der Waals surface area (Å²) in [5, 5.41) is 24.8. The van der Waals surface area contributed by atoms with E-state index in [2.05, 4.69) is 9.79 Å². The minimum Gasteiger partial charge on any atom is -0.538 e. The van der Waals surface area contributed by atoms with Crippen molar-refractivity contribution in [3.05, 3.63) is 66.4 Å². The van der Waals surface area contributed by atoms with Crippen LogP contribution in [0.15, 0.2) is 65.2 Å². The molecule has 8 heteroatoms. The first-order valence-electron chi connectivity index (χ1n) is 7.31. The van der Waals surface area contributed by atoms with Gasteiger partial charge < -0.3 is 14.7 Å². The number of amides is 1. The van der Waals surface area contributed by atoms with Gasteiger partial charge in [-0.25, -0.2) is 0 Å². The second-order valence-corrected chi connectivity index (χ2v) is 5.08. The minimum absolute atomic E-state index is 0.343. The molecular weight excluding hydrogens is 326 g/mol. The molecule has 1 aromatic heterocycles. The minimum atomic E-state index is -1.22. The number of anilines is 1. The second-order valence-electron chi connectivity index (χ2n) is 5.08. The van der Waals surface area contributed by atoms with Crippen molar-refractivity contribution in [2.45, 2.75) is 0 Å². The fraction of sp³-hybridized carbons (Fsp3) is 0.0588. The highest BCUT2D eigenvalue weighted by Crippen LogP contribution is 2.19. The third kappa shape index (κ3) is 3.32. The Hall–Kier alpha value is -3.68. The lowest BCUT2D eigenvalue weighted by molar-refractivity contribution is -0.672. The molecule has 0 aliphatic carbocycles. The number of carbonyl (C=O) groups excluding carboxylic acids is 1. The zero-order valence-electron chi connectivity index (χ0n) is 12.9. The summed E-state index contributed by atoms with van der Waals surface area (Å²) in [4.78, 5) is 25.1. The molecule has 0 aliphatic heterocycles. The fourth-order valence-electron chi connectivity index (χ4n) is 2.32. The van der Waals surface area contributed by atoms with Gasteiger partial charge in [-0.2, -0.15) is 0 Å². The highest BCUT2D eigenvalue weighted by atomic mass is 16.6. The van der Waals surface area contributed by atoms with Crippen LogP contribution in [0.3, 0.4) is 0 Å². The number of rotatable bonds is 5. The molecule has 0 unspecified atom stereocenters. The molecule has 0 fully saturated rings. The Balaban J connectivity index is 2.07. The normalized spacial score (nSPS) is 10.4. The van der Waals surface area contributed by atoms with E-state index in [1.807, 2.05) is 0 Å². The standard InChI is InChI=1S/C17H13N3O5/c21-14(22)11-19(12-7-3-1-4-8-12)16(23)15-17(24)25-18-20(15)13-9-5-2-6-10-13/h1-10H,11H2,(H-,18,21,22,23,24). The molecule has 0 radical (unpaired) electrons. The zero-order valence-corrected chi connectivity index (χ0v) is 12.9. The first kappa shape index (κ1) is 16.2. The van der Waals surface area contributed by atoms with Crippen LogP contribution >= 0.6 is 0 Å². The van der Waals surface area contributed by atoms with Crippen molar-refractivity contribution in [1.82, 2.24) is 5.27 Å². The average molecular weight is 339 g/mol. The van der Waals surface area contributed by atoms with E-state index in [-0.39, 0.29) is 5.69 Å². The number of hydrogen-bond acceptors (Lipinski definition) is 5. The van der Waals surface area contributed by atoms with E-state index in [1.54, 1.807) is 60.7 Å². The number of carbonyl (C=O) groups is 2. The number of para-hydroxylation sites is 2. The van der Waals surface area contributed by atoms with Crippen LogP contribution in [0.4, 0.5) is 5.69 Å². The van der Waals surface area contributed by atoms with Gasteiger partial charge in [0, 0.05) is 17.8 Å². The molecule has 3 rings (SSSR count). The zero-order chi connectivity index (χ0) is 17.8. The molecule has 2 aromatic carbocycles. The van der Waals surface area contributed by atoms with E-state index < -0.39 is 24.4 Å². The molecular formula is C17H13N3O5. The van der Waals surface area contributed by atoms with Crippen LogP contribution in [0.2, 0.25) is 0 Å². The van der Waals surface area contributed by atoms with Crippen molar-refractivity contribution in [3.63, 3.8) is 0 Å². The number of benzene rings is 2. The van der Waals surface area contributed by atoms with Crippen molar-refractivity contribution < 1.29 is 29.0 Å². The first-order chi connectivity index (χ1) is 12.1. The van der Waals surface area contributed by atoms with Crippen molar-refractivity contribution >= 4 is 17.6 Å². The maximum absolute atomic E-state index is 12.9. The maximum Gasteiger partial charge on any atom is 0.328 e. The van der Waals surface area contributed by atoms with Gasteiger partial charge in [0.15, 0.2) is 5.95 Å². The summed E-state index contributed by atoms with van der Waals surface area (Å²) in [6, 6.07) is 16.7. The molecule has 1 N–H and O–H groups in total. The highest BCUT2D eigenvalue weighted by Gasteiger charge is 2.33. The number of hydrogen-bond donors (Lipinski definition) is 1. The summed E-state index contributed by atoms with van der Waals surface area (Å²) in [6.07, 6.45) is 0. The molecule has 0 atom stereocenters. The number of carboxylic acid groups (broad SMARTS) is 1. The van der Waals surface area contributed by atoms with Gasteiger partial charge in [0.25, 0.3) is 0 Å². The van der Waals surface area contributed by atoms with Crippen LogP contribution in [-0.2, 0) is 4.79 Å². The molecule has 0 spiro atoms. The van der Waals surface area contributed by atoms with Gasteiger partial charge in [-0.1, -0.05) is 36.4 Å². The highest BCUT2D eigenvalue weighted by molar-refractivity contribution is 6.07. The molecule has 126 valence electrons. The molecule has 0 aliphatic rings. The van der Waals surface area contributed by atoms with Crippen molar-refractivity contribution in [3.8, 4) is 11.6 Å². The van der Waals surface area contributed by atoms with Crippen LogP contribution in [0.25, 0.3) is 5.69 Å². The van der Waals surface area contributed by atoms with Gasteiger partial charge in [-0.05, 0) is 16.8 Å². The van der Waals surface area contributed by atoms with Gasteiger partial charge in [0.2, 0.25) is 5.69 Å². The summed E-state index contributed by atoms with van der Waals surface area (Å²) < 4.78 is 5.68. The summed E-state index contributed by atoms with van der Waals surface area (Å²) >= 11 is 0. The molecule has 8 nitrogen and oxygen atoms in total. The lowest BCUT2D eigenvalue weighted by Crippen LogP contribution is -2.45. The van der Waals surface area contributed by atoms with Crippen LogP contribution in [0, 0.1) is 0 Å². The van der Waals surface area contributed by atoms with E-state index in [1.165, 1.54) is 0 Å². The quantitative estimate of drug-likeness (QED) is 0.687. The summed E-state index contributed by atoms with van der Waals surface area (Å²) in [5.41, 5.74) is 0.409. The molecule has 0 saturated carbocycles. The Labute approximate surface area is 142 Å². The molecule has 25 heavy (non-hydrogen) atoms. The van der Waals surface area contributed by atoms with E-state index >= 15 is 0 Å². The predicted octanol–water partition coefficient (Wildman–Crippen LogP) is 0.756. The smallest absolute Gasteiger partial charge is 0.328 e. The van der Waals surface area contributed by atoms with Crippen molar-refractivity contribution in [2.75, 3.05) is 11.4 Å². The fourth-order valence-corrected chi connectivity index (χ4v) is 2.32. The SMILES string of the molecule is O=C(O)CN(C(=O)c1c([O-])on[n+]1-c1ccccc1)c1ccccc1. The summed E-state index contributed by atoms with van der Waals surface area (Å²) in [7, 11) is 0. The largest absolute Gasteiger partial charge is 0.538 e. The van der Waals surface area contributed by atoms with Crippen LogP contribution in [0.5, 0.6) is 5.95 Å². The van der Waals surface area contributed by atoms with Gasteiger partial charge in [-0.3, -0.25) is 14.5 Å². The van der Waals surface area contributed by atoms with E-state index in [0.717, 1.165) is 9.58 Å². The van der Waals surface area contributed by atoms with E-state index in [4.69, 9.17) is 5.11 Å². The van der Waals surface area contributed by atoms with Crippen LogP contribution in [0.1, 0.15) is 10.5 Å². The van der Waals surface area contributed by atoms with Gasteiger partial charge in [-0.15, -0.1) is 0 Å². The second kappa shape index (κ2) is 6.83. The van der Waals surface area contributed by atoms with E-state index in [9.17, 15) is 14.7 Å². The number of nitrogens with zero attached hydrogens (tertiary/aromatic N) is 3. The molecule has 0 bridgehead atoms. The van der Waals surface area contributed by atoms with E-state index in [0.29, 0.717) is 11.4 Å². The molecule has 1 heterocycles. The van der Waals surface area contributed by atoms with Crippen LogP contribution < -0.4 is 14.7 Å². The summed E-state index contributed by atoms with van der Waals surface area (Å²) in [6.45, 7) is -0.609. The lowest BCUT2D eigenvalue weighted by atomic mass is 10.2. The maximum atomic E-state index is 12.9. The third-order valence-corrected chi connectivity index (χ3v) is 3.42. The van der Waals surface area contributed by atoms with Gasteiger partial charge >= 0.3 is 17.6 Å². The lowest BCUT2D eigenvalue weighted by Gasteiger charge is -2.18. The molecule has 0 saturated heterocycles. The van der Waals surface area contributed by atoms with Gasteiger partial charge in [0.05, 0.1) is 5.27 Å². The monoisotopic (exact) mass is 339 g/mol. The van der Waals surface area contributed by atoms with Crippen molar-refractivity contribution in [1.29, 1.82) is 0 Å². The Kier molecular flexibility index (Phi) is 4.42. The summed E-state index contributed by atoms with van der Waals surface area (Å²) in [5.74, 6) is -2.98. The van der Waals surface area contributed by atoms with Crippen molar-refractivity contribution in [2.24, 2.45) is 0 Å². The Morgan fingerprint density at radius 1 is 1.08 bits per heavy atom. The molecule has 3 aromatic rings. The number of aliphatic carboxylic acids is 1. The first-order valence-corrected chi connectivity index (χ1v) is 7.31. The topological polar surface area (TPSA) is 111 Å².